The first kappa shape index (κ1) is 15.5. The molecule has 0 fully saturated rings. The van der Waals surface area contributed by atoms with E-state index >= 15 is 0 Å². The molecule has 0 aliphatic heterocycles. The van der Waals surface area contributed by atoms with Crippen molar-refractivity contribution in [3.8, 4) is 11.8 Å². The van der Waals surface area contributed by atoms with Gasteiger partial charge in [0.05, 0.1) is 0 Å². The normalized spacial score (nSPS) is 11.3. The van der Waals surface area contributed by atoms with E-state index in [1.165, 1.54) is 15.9 Å². The third kappa shape index (κ3) is 3.07. The second-order valence-corrected chi connectivity index (χ2v) is 9.50. The minimum atomic E-state index is -2.12. The van der Waals surface area contributed by atoms with Crippen LogP contribution in [0, 0.1) is 11.8 Å². The average molecular weight is 316 g/mol. The molecule has 0 spiro atoms. The number of rotatable bonds is 4. The predicted molar refractivity (Wildman–Crippen MR) is 105 cm³/mol. The molecule has 0 bridgehead atoms. The van der Waals surface area contributed by atoms with Gasteiger partial charge in [0.25, 0.3) is 0 Å². The molecule has 0 saturated heterocycles. The molecule has 3 rings (SSSR count). The number of hydrogen-bond acceptors (Lipinski definition) is 0. The quantitative estimate of drug-likeness (QED) is 0.508. The summed E-state index contributed by atoms with van der Waals surface area (Å²) in [5, 5.41) is 4.25. The van der Waals surface area contributed by atoms with Crippen molar-refractivity contribution in [3.05, 3.63) is 91.0 Å². The van der Waals surface area contributed by atoms with Crippen molar-refractivity contribution >= 4 is 23.2 Å². The standard InChI is InChI=1S/C22H21P/c1-2-3-19-23(20-13-7-4-8-14-20,21-15-9-5-10-16-21)22-17-11-6-12-18-22/h4-18,23H,19H2,1H3. The minimum absolute atomic E-state index is 0.904. The van der Waals surface area contributed by atoms with Gasteiger partial charge in [-0.05, 0) is 0 Å². The van der Waals surface area contributed by atoms with Gasteiger partial charge < -0.3 is 0 Å². The molecule has 0 atom stereocenters. The van der Waals surface area contributed by atoms with Gasteiger partial charge in [0.15, 0.2) is 0 Å². The Morgan fingerprint density at radius 2 is 0.957 bits per heavy atom. The number of hydrogen-bond donors (Lipinski definition) is 0. The first-order chi connectivity index (χ1) is 11.4. The van der Waals surface area contributed by atoms with E-state index in [1.807, 2.05) is 6.92 Å². The van der Waals surface area contributed by atoms with Gasteiger partial charge in [0.2, 0.25) is 0 Å². The van der Waals surface area contributed by atoms with Gasteiger partial charge >= 0.3 is 139 Å². The average Bonchev–Trinajstić information content (AvgIpc) is 2.65. The molecule has 0 aromatic heterocycles. The van der Waals surface area contributed by atoms with E-state index in [2.05, 4.69) is 103 Å². The van der Waals surface area contributed by atoms with Gasteiger partial charge in [-0.1, -0.05) is 0 Å². The van der Waals surface area contributed by atoms with Gasteiger partial charge in [-0.25, -0.2) is 0 Å². The first-order valence-corrected chi connectivity index (χ1v) is 10.1. The molecule has 0 heterocycles. The van der Waals surface area contributed by atoms with Crippen LogP contribution in [0.15, 0.2) is 91.0 Å². The Labute approximate surface area is 139 Å². The monoisotopic (exact) mass is 316 g/mol. The molecule has 1 heteroatoms. The van der Waals surface area contributed by atoms with Crippen LogP contribution >= 0.6 is 7.26 Å². The Morgan fingerprint density at radius 1 is 0.609 bits per heavy atom. The van der Waals surface area contributed by atoms with Crippen molar-refractivity contribution in [1.29, 1.82) is 0 Å². The Kier molecular flexibility index (Phi) is 4.92. The van der Waals surface area contributed by atoms with Crippen LogP contribution in [-0.4, -0.2) is 6.16 Å². The zero-order valence-electron chi connectivity index (χ0n) is 13.4. The molecule has 0 radical (unpaired) electrons. The predicted octanol–water partition coefficient (Wildman–Crippen LogP) is 3.74. The number of benzene rings is 3. The van der Waals surface area contributed by atoms with Crippen molar-refractivity contribution in [2.75, 3.05) is 6.16 Å². The first-order valence-electron chi connectivity index (χ1n) is 7.94. The Balaban J connectivity index is 2.31. The van der Waals surface area contributed by atoms with Crippen molar-refractivity contribution in [1.82, 2.24) is 0 Å². The second-order valence-electron chi connectivity index (χ2n) is 5.61. The maximum atomic E-state index is 3.40. The molecule has 0 amide bonds. The fourth-order valence-corrected chi connectivity index (χ4v) is 7.53. The molecule has 114 valence electrons. The summed E-state index contributed by atoms with van der Waals surface area (Å²) < 4.78 is 0. The molecule has 0 saturated carbocycles. The van der Waals surface area contributed by atoms with Gasteiger partial charge in [-0.3, -0.25) is 0 Å². The van der Waals surface area contributed by atoms with E-state index in [1.54, 1.807) is 0 Å². The van der Waals surface area contributed by atoms with E-state index in [0.717, 1.165) is 6.16 Å². The van der Waals surface area contributed by atoms with Crippen LogP contribution in [-0.2, 0) is 0 Å². The van der Waals surface area contributed by atoms with Gasteiger partial charge in [-0.2, -0.15) is 0 Å². The zero-order chi connectivity index (χ0) is 16.0. The Morgan fingerprint density at radius 3 is 1.26 bits per heavy atom. The van der Waals surface area contributed by atoms with Crippen LogP contribution in [0.5, 0.6) is 0 Å². The zero-order valence-corrected chi connectivity index (χ0v) is 14.4. The summed E-state index contributed by atoms with van der Waals surface area (Å²) >= 11 is 0. The van der Waals surface area contributed by atoms with Crippen LogP contribution in [0.1, 0.15) is 6.92 Å². The summed E-state index contributed by atoms with van der Waals surface area (Å²) in [5.41, 5.74) is 0. The van der Waals surface area contributed by atoms with Crippen molar-refractivity contribution in [2.24, 2.45) is 0 Å². The van der Waals surface area contributed by atoms with Gasteiger partial charge in [0, 0.05) is 0 Å². The molecule has 23 heavy (non-hydrogen) atoms. The van der Waals surface area contributed by atoms with Crippen LogP contribution in [0.3, 0.4) is 0 Å². The summed E-state index contributed by atoms with van der Waals surface area (Å²) in [6.07, 6.45) is 0.904. The van der Waals surface area contributed by atoms with E-state index in [0.29, 0.717) is 0 Å². The Bertz CT molecular complexity index is 699. The third-order valence-corrected chi connectivity index (χ3v) is 8.99. The van der Waals surface area contributed by atoms with Crippen LogP contribution in [0.4, 0.5) is 0 Å². The van der Waals surface area contributed by atoms with E-state index in [9.17, 15) is 0 Å². The Hall–Kier alpha value is -2.35. The summed E-state index contributed by atoms with van der Waals surface area (Å²) in [5.74, 6) is 6.51. The van der Waals surface area contributed by atoms with Crippen LogP contribution in [0.2, 0.25) is 0 Å². The molecular weight excluding hydrogens is 295 g/mol. The molecule has 0 N–H and O–H groups in total. The molecule has 0 aliphatic carbocycles. The molecular formula is C22H21P. The van der Waals surface area contributed by atoms with Gasteiger partial charge in [-0.15, -0.1) is 0 Å². The summed E-state index contributed by atoms with van der Waals surface area (Å²) in [6, 6.07) is 32.7. The molecule has 0 nitrogen and oxygen atoms in total. The summed E-state index contributed by atoms with van der Waals surface area (Å²) in [6.45, 7) is 1.93. The molecule has 0 aliphatic rings. The third-order valence-electron chi connectivity index (χ3n) is 4.33. The fraction of sp³-hybridized carbons (Fsp3) is 0.0909. The molecule has 0 unspecified atom stereocenters. The van der Waals surface area contributed by atoms with Crippen molar-refractivity contribution in [2.45, 2.75) is 6.92 Å². The van der Waals surface area contributed by atoms with Crippen molar-refractivity contribution < 1.29 is 0 Å². The van der Waals surface area contributed by atoms with Crippen molar-refractivity contribution in [3.63, 3.8) is 0 Å². The summed E-state index contributed by atoms with van der Waals surface area (Å²) in [7, 11) is -2.12. The van der Waals surface area contributed by atoms with E-state index in [4.69, 9.17) is 0 Å². The van der Waals surface area contributed by atoms with E-state index < -0.39 is 7.26 Å². The SMILES string of the molecule is CC#CC[PH](c1ccccc1)(c1ccccc1)c1ccccc1. The second kappa shape index (κ2) is 7.28. The fourth-order valence-electron chi connectivity index (χ4n) is 3.20. The van der Waals surface area contributed by atoms with Crippen LogP contribution in [0.25, 0.3) is 0 Å². The van der Waals surface area contributed by atoms with Gasteiger partial charge in [0.1, 0.15) is 0 Å². The van der Waals surface area contributed by atoms with Crippen LogP contribution < -0.4 is 15.9 Å². The summed E-state index contributed by atoms with van der Waals surface area (Å²) in [4.78, 5) is 0. The van der Waals surface area contributed by atoms with E-state index in [-0.39, 0.29) is 0 Å². The molecule has 3 aromatic rings. The molecule has 3 aromatic carbocycles. The topological polar surface area (TPSA) is 0 Å². The maximum absolute atomic E-state index is 3.40.